The Morgan fingerprint density at radius 1 is 1.00 bits per heavy atom. The number of piperazine rings is 1. The van der Waals surface area contributed by atoms with Crippen LogP contribution in [0.15, 0.2) is 57.9 Å². The highest BCUT2D eigenvalue weighted by Gasteiger charge is 2.30. The summed E-state index contributed by atoms with van der Waals surface area (Å²) in [6, 6.07) is 14.2. The van der Waals surface area contributed by atoms with E-state index in [4.69, 9.17) is 27.7 Å². The summed E-state index contributed by atoms with van der Waals surface area (Å²) >= 11 is 12.1. The van der Waals surface area contributed by atoms with E-state index in [1.54, 1.807) is 6.07 Å². The van der Waals surface area contributed by atoms with Crippen molar-refractivity contribution < 1.29 is 12.9 Å². The van der Waals surface area contributed by atoms with Gasteiger partial charge in [0.05, 0.1) is 5.02 Å². The van der Waals surface area contributed by atoms with Gasteiger partial charge < -0.3 is 9.42 Å². The third kappa shape index (κ3) is 5.27. The van der Waals surface area contributed by atoms with Crippen LogP contribution in [0.1, 0.15) is 12.3 Å². The molecule has 7 nitrogen and oxygen atoms in total. The van der Waals surface area contributed by atoms with Crippen LogP contribution in [0.2, 0.25) is 10.0 Å². The molecule has 1 aliphatic rings. The highest BCUT2D eigenvalue weighted by molar-refractivity contribution is 7.89. The van der Waals surface area contributed by atoms with Crippen molar-refractivity contribution in [1.29, 1.82) is 0 Å². The molecular formula is C21H22Cl2N4O3S. The smallest absolute Gasteiger partial charge is 0.244 e. The molecule has 1 aromatic heterocycles. The summed E-state index contributed by atoms with van der Waals surface area (Å²) in [4.78, 5) is 6.74. The maximum Gasteiger partial charge on any atom is 0.244 e. The highest BCUT2D eigenvalue weighted by Crippen LogP contribution is 2.28. The van der Waals surface area contributed by atoms with Crippen LogP contribution in [0.5, 0.6) is 0 Å². The lowest BCUT2D eigenvalue weighted by Crippen LogP contribution is -2.48. The largest absolute Gasteiger partial charge is 0.339 e. The van der Waals surface area contributed by atoms with Crippen molar-refractivity contribution in [2.75, 3.05) is 32.7 Å². The van der Waals surface area contributed by atoms with Crippen LogP contribution in [0.25, 0.3) is 11.4 Å². The van der Waals surface area contributed by atoms with Crippen molar-refractivity contribution in [3.63, 3.8) is 0 Å². The fourth-order valence-electron chi connectivity index (χ4n) is 3.52. The molecule has 0 unspecified atom stereocenters. The lowest BCUT2D eigenvalue weighted by Gasteiger charge is -2.34. The van der Waals surface area contributed by atoms with E-state index in [2.05, 4.69) is 15.0 Å². The molecule has 0 spiro atoms. The highest BCUT2D eigenvalue weighted by atomic mass is 35.5. The summed E-state index contributed by atoms with van der Waals surface area (Å²) in [7, 11) is -3.67. The van der Waals surface area contributed by atoms with Crippen LogP contribution in [-0.2, 0) is 16.4 Å². The fraction of sp³-hybridized carbons (Fsp3) is 0.333. The number of aryl methyl sites for hydroxylation is 1. The summed E-state index contributed by atoms with van der Waals surface area (Å²) in [5.74, 6) is 1.20. The fourth-order valence-corrected chi connectivity index (χ4v) is 5.68. The Balaban J connectivity index is 1.27. The lowest BCUT2D eigenvalue weighted by molar-refractivity contribution is 0.185. The van der Waals surface area contributed by atoms with E-state index in [0.717, 1.165) is 18.5 Å². The average Bonchev–Trinajstić information content (AvgIpc) is 3.25. The number of halogens is 2. The number of benzene rings is 2. The average molecular weight is 481 g/mol. The van der Waals surface area contributed by atoms with Gasteiger partial charge in [0.2, 0.25) is 21.7 Å². The first-order valence-electron chi connectivity index (χ1n) is 9.99. The maximum absolute atomic E-state index is 12.9. The lowest BCUT2D eigenvalue weighted by atomic mass is 10.2. The molecule has 0 N–H and O–H groups in total. The molecule has 1 fully saturated rings. The van der Waals surface area contributed by atoms with Crippen LogP contribution in [0.3, 0.4) is 0 Å². The number of aromatic nitrogens is 2. The number of hydrogen-bond donors (Lipinski definition) is 0. The van der Waals surface area contributed by atoms with E-state index < -0.39 is 10.0 Å². The molecule has 0 amide bonds. The summed E-state index contributed by atoms with van der Waals surface area (Å²) in [6.45, 7) is 2.94. The zero-order valence-corrected chi connectivity index (χ0v) is 19.1. The number of hydrogen-bond acceptors (Lipinski definition) is 6. The predicted octanol–water partition coefficient (Wildman–Crippen LogP) is 3.98. The first kappa shape index (κ1) is 22.2. The molecule has 4 rings (SSSR count). The number of rotatable bonds is 7. The summed E-state index contributed by atoms with van der Waals surface area (Å²) in [5, 5.41) is 4.56. The van der Waals surface area contributed by atoms with Crippen molar-refractivity contribution >= 4 is 33.2 Å². The predicted molar refractivity (Wildman–Crippen MR) is 120 cm³/mol. The molecule has 2 aromatic carbocycles. The Bertz CT molecular complexity index is 1130. The third-order valence-corrected chi connectivity index (χ3v) is 7.82. The van der Waals surface area contributed by atoms with E-state index >= 15 is 0 Å². The molecule has 0 atom stereocenters. The zero-order valence-electron chi connectivity index (χ0n) is 16.7. The third-order valence-electron chi connectivity index (χ3n) is 5.21. The molecule has 0 radical (unpaired) electrons. The van der Waals surface area contributed by atoms with Gasteiger partial charge in [-0.2, -0.15) is 9.29 Å². The Hall–Kier alpha value is -1.97. The van der Waals surface area contributed by atoms with Gasteiger partial charge in [0.1, 0.15) is 4.90 Å². The van der Waals surface area contributed by atoms with E-state index in [1.165, 1.54) is 16.4 Å². The van der Waals surface area contributed by atoms with Crippen molar-refractivity contribution in [2.24, 2.45) is 0 Å². The van der Waals surface area contributed by atoms with Gasteiger partial charge in [-0.1, -0.05) is 58.7 Å². The quantitative estimate of drug-likeness (QED) is 0.508. The van der Waals surface area contributed by atoms with Crippen LogP contribution in [0.4, 0.5) is 0 Å². The minimum absolute atomic E-state index is 0.0562. The summed E-state index contributed by atoms with van der Waals surface area (Å²) in [6.07, 6.45) is 1.53. The van der Waals surface area contributed by atoms with Gasteiger partial charge in [-0.25, -0.2) is 8.42 Å². The van der Waals surface area contributed by atoms with E-state index in [0.29, 0.717) is 49.3 Å². The Kier molecular flexibility index (Phi) is 6.93. The standard InChI is InChI=1S/C21H22Cl2N4O3S/c22-17-8-9-18(23)19(15-17)31(28,29)27-13-11-26(12-14-27)10-4-7-20-24-21(25-30-20)16-5-2-1-3-6-16/h1-3,5-6,8-9,15H,4,7,10-14H2. The first-order valence-corrected chi connectivity index (χ1v) is 12.2. The van der Waals surface area contributed by atoms with E-state index in [-0.39, 0.29) is 9.92 Å². The van der Waals surface area contributed by atoms with Gasteiger partial charge >= 0.3 is 0 Å². The first-order chi connectivity index (χ1) is 14.9. The normalized spacial score (nSPS) is 15.9. The van der Waals surface area contributed by atoms with Crippen molar-refractivity contribution in [1.82, 2.24) is 19.3 Å². The van der Waals surface area contributed by atoms with Crippen LogP contribution >= 0.6 is 23.2 Å². The van der Waals surface area contributed by atoms with Gasteiger partial charge in [0.15, 0.2) is 0 Å². The summed E-state index contributed by atoms with van der Waals surface area (Å²) in [5.41, 5.74) is 0.926. The SMILES string of the molecule is O=S(=O)(c1cc(Cl)ccc1Cl)N1CCN(CCCc2nc(-c3ccccc3)no2)CC1. The van der Waals surface area contributed by atoms with Gasteiger partial charge in [0, 0.05) is 43.2 Å². The second-order valence-corrected chi connectivity index (χ2v) is 10.1. The Morgan fingerprint density at radius 3 is 2.48 bits per heavy atom. The molecule has 164 valence electrons. The molecule has 0 aliphatic carbocycles. The van der Waals surface area contributed by atoms with Gasteiger partial charge in [-0.3, -0.25) is 0 Å². The minimum Gasteiger partial charge on any atom is -0.339 e. The minimum atomic E-state index is -3.67. The second-order valence-electron chi connectivity index (χ2n) is 7.30. The second kappa shape index (κ2) is 9.67. The molecule has 3 aromatic rings. The zero-order chi connectivity index (χ0) is 21.8. The molecule has 10 heteroatoms. The van der Waals surface area contributed by atoms with E-state index in [1.807, 2.05) is 30.3 Å². The maximum atomic E-state index is 12.9. The number of sulfonamides is 1. The molecule has 0 saturated carbocycles. The van der Waals surface area contributed by atoms with Gasteiger partial charge in [-0.05, 0) is 31.2 Å². The topological polar surface area (TPSA) is 79.5 Å². The monoisotopic (exact) mass is 480 g/mol. The molecule has 31 heavy (non-hydrogen) atoms. The number of nitrogens with zero attached hydrogens (tertiary/aromatic N) is 4. The summed E-state index contributed by atoms with van der Waals surface area (Å²) < 4.78 is 32.7. The molecule has 2 heterocycles. The molecule has 1 aliphatic heterocycles. The Labute approximate surface area is 191 Å². The molecular weight excluding hydrogens is 459 g/mol. The van der Waals surface area contributed by atoms with Gasteiger partial charge in [-0.15, -0.1) is 0 Å². The van der Waals surface area contributed by atoms with Crippen molar-refractivity contribution in [3.05, 3.63) is 64.5 Å². The van der Waals surface area contributed by atoms with E-state index in [9.17, 15) is 8.42 Å². The van der Waals surface area contributed by atoms with Gasteiger partial charge in [0.25, 0.3) is 0 Å². The molecule has 0 bridgehead atoms. The Morgan fingerprint density at radius 2 is 1.74 bits per heavy atom. The van der Waals surface area contributed by atoms with Crippen LogP contribution < -0.4 is 0 Å². The molecule has 1 saturated heterocycles. The van der Waals surface area contributed by atoms with Crippen LogP contribution in [-0.4, -0.2) is 60.5 Å². The van der Waals surface area contributed by atoms with Crippen LogP contribution in [0, 0.1) is 0 Å². The van der Waals surface area contributed by atoms with Crippen molar-refractivity contribution in [3.8, 4) is 11.4 Å². The van der Waals surface area contributed by atoms with Crippen molar-refractivity contribution in [2.45, 2.75) is 17.7 Å².